The van der Waals surface area contributed by atoms with Gasteiger partial charge >= 0.3 is 5.97 Å². The Bertz CT molecular complexity index is 1760. The molecule has 39 heavy (non-hydrogen) atoms. The highest BCUT2D eigenvalue weighted by molar-refractivity contribution is 7.92. The van der Waals surface area contributed by atoms with Crippen LogP contribution in [0, 0.1) is 6.92 Å². The summed E-state index contributed by atoms with van der Waals surface area (Å²) >= 11 is 0. The smallest absolute Gasteiger partial charge is 0.344 e. The van der Waals surface area contributed by atoms with Crippen LogP contribution in [0.15, 0.2) is 77.7 Å². The van der Waals surface area contributed by atoms with E-state index < -0.39 is 16.0 Å². The van der Waals surface area contributed by atoms with Crippen LogP contribution in [-0.2, 0) is 27.7 Å². The first kappa shape index (κ1) is 26.2. The van der Waals surface area contributed by atoms with E-state index in [2.05, 4.69) is 4.72 Å². The first-order valence-electron chi connectivity index (χ1n) is 12.5. The number of fused-ring (bicyclic) bond motifs is 2. The number of carbonyl (C=O) groups excluding carboxylic acids is 1. The zero-order valence-electron chi connectivity index (χ0n) is 21.8. The predicted octanol–water partition coefficient (Wildman–Crippen LogP) is 5.12. The molecule has 0 aliphatic heterocycles. The fourth-order valence-electron chi connectivity index (χ4n) is 4.36. The standard InChI is InChI=1S/C29H28N4O5S/c1-4-38-29(34)25-26-28(31-24-8-6-5-7-23(24)30-26)33(18-17-20-11-13-21(37-3)14-12-20)27(25)32-39(35,36)22-15-9-19(2)10-16-22/h5-16,32H,4,17-18H2,1-3H3. The van der Waals surface area contributed by atoms with Crippen molar-refractivity contribution in [2.75, 3.05) is 18.4 Å². The number of nitrogens with zero attached hydrogens (tertiary/aromatic N) is 3. The number of hydrogen-bond donors (Lipinski definition) is 1. The van der Waals surface area contributed by atoms with E-state index in [0.717, 1.165) is 16.9 Å². The summed E-state index contributed by atoms with van der Waals surface area (Å²) in [6.45, 7) is 4.00. The second-order valence-electron chi connectivity index (χ2n) is 9.00. The molecule has 0 amide bonds. The van der Waals surface area contributed by atoms with E-state index in [1.165, 1.54) is 12.1 Å². The third-order valence-corrected chi connectivity index (χ3v) is 7.73. The first-order chi connectivity index (χ1) is 18.8. The number of hydrogen-bond acceptors (Lipinski definition) is 7. The van der Waals surface area contributed by atoms with Crippen molar-refractivity contribution >= 4 is 44.0 Å². The van der Waals surface area contributed by atoms with Crippen LogP contribution in [0.2, 0.25) is 0 Å². The largest absolute Gasteiger partial charge is 0.497 e. The third-order valence-electron chi connectivity index (χ3n) is 6.38. The highest BCUT2D eigenvalue weighted by Gasteiger charge is 2.29. The van der Waals surface area contributed by atoms with Gasteiger partial charge in [-0.1, -0.05) is 42.0 Å². The van der Waals surface area contributed by atoms with Crippen molar-refractivity contribution in [2.45, 2.75) is 31.7 Å². The van der Waals surface area contributed by atoms with Crippen LogP contribution in [-0.4, -0.2) is 42.6 Å². The summed E-state index contributed by atoms with van der Waals surface area (Å²) in [5.41, 5.74) is 3.80. The number of methoxy groups -OCH3 is 1. The van der Waals surface area contributed by atoms with Crippen LogP contribution in [0.25, 0.3) is 22.2 Å². The molecule has 200 valence electrons. The Morgan fingerprint density at radius 2 is 1.62 bits per heavy atom. The highest BCUT2D eigenvalue weighted by atomic mass is 32.2. The maximum Gasteiger partial charge on any atom is 0.344 e. The normalized spacial score (nSPS) is 11.6. The van der Waals surface area contributed by atoms with Gasteiger partial charge in [0.25, 0.3) is 10.0 Å². The van der Waals surface area contributed by atoms with Crippen LogP contribution in [0.5, 0.6) is 5.75 Å². The minimum absolute atomic E-state index is 0.0236. The topological polar surface area (TPSA) is 112 Å². The van der Waals surface area contributed by atoms with E-state index in [1.807, 2.05) is 49.4 Å². The number of esters is 1. The molecule has 5 rings (SSSR count). The van der Waals surface area contributed by atoms with Crippen molar-refractivity contribution in [1.29, 1.82) is 0 Å². The molecule has 0 bridgehead atoms. The lowest BCUT2D eigenvalue weighted by Gasteiger charge is -2.14. The molecule has 2 aromatic heterocycles. The van der Waals surface area contributed by atoms with Crippen molar-refractivity contribution in [1.82, 2.24) is 14.5 Å². The monoisotopic (exact) mass is 544 g/mol. The van der Waals surface area contributed by atoms with Crippen LogP contribution < -0.4 is 9.46 Å². The number of ether oxygens (including phenoxy) is 2. The number of rotatable bonds is 9. The van der Waals surface area contributed by atoms with E-state index in [-0.39, 0.29) is 28.4 Å². The van der Waals surface area contributed by atoms with Gasteiger partial charge in [0.1, 0.15) is 22.6 Å². The van der Waals surface area contributed by atoms with Gasteiger partial charge in [-0.05, 0) is 62.2 Å². The van der Waals surface area contributed by atoms with E-state index in [9.17, 15) is 13.2 Å². The number of aryl methyl sites for hydroxylation is 3. The average molecular weight is 545 g/mol. The number of benzene rings is 3. The summed E-state index contributed by atoms with van der Waals surface area (Å²) in [7, 11) is -2.46. The molecule has 1 N–H and O–H groups in total. The fraction of sp³-hybridized carbons (Fsp3) is 0.207. The summed E-state index contributed by atoms with van der Waals surface area (Å²) in [6.07, 6.45) is 0.532. The molecular formula is C29H28N4O5S. The lowest BCUT2D eigenvalue weighted by atomic mass is 10.1. The molecule has 0 fully saturated rings. The van der Waals surface area contributed by atoms with Gasteiger partial charge in [-0.3, -0.25) is 4.72 Å². The van der Waals surface area contributed by atoms with Crippen molar-refractivity contribution < 1.29 is 22.7 Å². The predicted molar refractivity (Wildman–Crippen MR) is 150 cm³/mol. The van der Waals surface area contributed by atoms with E-state index >= 15 is 0 Å². The Labute approximate surface area is 226 Å². The molecule has 0 saturated carbocycles. The maximum absolute atomic E-state index is 13.5. The van der Waals surface area contributed by atoms with Crippen LogP contribution >= 0.6 is 0 Å². The molecule has 10 heteroatoms. The Balaban J connectivity index is 1.70. The van der Waals surface area contributed by atoms with Crippen molar-refractivity contribution in [2.24, 2.45) is 0 Å². The second kappa shape index (κ2) is 10.7. The molecule has 3 aromatic carbocycles. The number of carbonyl (C=O) groups is 1. The lowest BCUT2D eigenvalue weighted by Crippen LogP contribution is -2.19. The number of aromatic nitrogens is 3. The average Bonchev–Trinajstić information content (AvgIpc) is 3.22. The molecule has 5 aromatic rings. The Kier molecular flexibility index (Phi) is 7.21. The Morgan fingerprint density at radius 3 is 2.26 bits per heavy atom. The minimum Gasteiger partial charge on any atom is -0.497 e. The zero-order valence-corrected chi connectivity index (χ0v) is 22.7. The summed E-state index contributed by atoms with van der Waals surface area (Å²) in [4.78, 5) is 22.9. The van der Waals surface area contributed by atoms with Gasteiger partial charge in [0.05, 0.1) is 29.6 Å². The summed E-state index contributed by atoms with van der Waals surface area (Å²) in [6, 6.07) is 21.4. The SMILES string of the molecule is CCOC(=O)c1c(NS(=O)(=O)c2ccc(C)cc2)n(CCc2ccc(OC)cc2)c2nc3ccccc3nc12. The van der Waals surface area contributed by atoms with Gasteiger partial charge in [0.15, 0.2) is 5.65 Å². The van der Waals surface area contributed by atoms with Gasteiger partial charge in [-0.25, -0.2) is 23.2 Å². The number of nitrogens with one attached hydrogen (secondary N) is 1. The first-order valence-corrected chi connectivity index (χ1v) is 14.0. The molecule has 0 spiro atoms. The van der Waals surface area contributed by atoms with Gasteiger partial charge in [-0.15, -0.1) is 0 Å². The molecular weight excluding hydrogens is 516 g/mol. The molecule has 0 saturated heterocycles. The van der Waals surface area contributed by atoms with Crippen molar-refractivity contribution in [3.8, 4) is 5.75 Å². The molecule has 0 radical (unpaired) electrons. The van der Waals surface area contributed by atoms with Gasteiger partial charge < -0.3 is 14.0 Å². The zero-order chi connectivity index (χ0) is 27.6. The summed E-state index contributed by atoms with van der Waals surface area (Å²) in [5.74, 6) is 0.114. The molecule has 0 aliphatic rings. The highest BCUT2D eigenvalue weighted by Crippen LogP contribution is 2.33. The number of anilines is 1. The van der Waals surface area contributed by atoms with E-state index in [4.69, 9.17) is 19.4 Å². The fourth-order valence-corrected chi connectivity index (χ4v) is 5.44. The van der Waals surface area contributed by atoms with Crippen LogP contribution in [0.4, 0.5) is 5.82 Å². The molecule has 0 aliphatic carbocycles. The number of para-hydroxylation sites is 2. The summed E-state index contributed by atoms with van der Waals surface area (Å²) < 4.78 is 42.0. The van der Waals surface area contributed by atoms with Gasteiger partial charge in [-0.2, -0.15) is 0 Å². The van der Waals surface area contributed by atoms with Crippen molar-refractivity contribution in [3.05, 3.63) is 89.5 Å². The molecule has 0 atom stereocenters. The molecule has 0 unspecified atom stereocenters. The molecule has 9 nitrogen and oxygen atoms in total. The Hall–Kier alpha value is -4.44. The lowest BCUT2D eigenvalue weighted by molar-refractivity contribution is 0.0529. The van der Waals surface area contributed by atoms with Gasteiger partial charge in [0.2, 0.25) is 0 Å². The van der Waals surface area contributed by atoms with Crippen LogP contribution in [0.1, 0.15) is 28.4 Å². The van der Waals surface area contributed by atoms with E-state index in [1.54, 1.807) is 36.8 Å². The number of sulfonamides is 1. The third kappa shape index (κ3) is 5.28. The Morgan fingerprint density at radius 1 is 0.949 bits per heavy atom. The quantitative estimate of drug-likeness (QED) is 0.256. The van der Waals surface area contributed by atoms with Gasteiger partial charge in [0, 0.05) is 6.54 Å². The molecule has 2 heterocycles. The van der Waals surface area contributed by atoms with Crippen molar-refractivity contribution in [3.63, 3.8) is 0 Å². The maximum atomic E-state index is 13.5. The second-order valence-corrected chi connectivity index (χ2v) is 10.7. The van der Waals surface area contributed by atoms with E-state index in [0.29, 0.717) is 29.6 Å². The summed E-state index contributed by atoms with van der Waals surface area (Å²) in [5, 5.41) is 0. The minimum atomic E-state index is -4.06. The van der Waals surface area contributed by atoms with Crippen LogP contribution in [0.3, 0.4) is 0 Å².